The highest BCUT2D eigenvalue weighted by Gasteiger charge is 2.28. The Morgan fingerprint density at radius 1 is 0.774 bits per heavy atom. The molecular weight excluding hydrogens is 420 g/mol. The second-order valence-corrected chi connectivity index (χ2v) is 6.82. The van der Waals surface area contributed by atoms with Crippen LogP contribution in [0.1, 0.15) is 21.0 Å². The van der Waals surface area contributed by atoms with Gasteiger partial charge in [0, 0.05) is 37.0 Å². The Morgan fingerprint density at radius 2 is 1.35 bits per heavy atom. The molecule has 0 radical (unpaired) electrons. The first kappa shape index (κ1) is 20.5. The summed E-state index contributed by atoms with van der Waals surface area (Å²) >= 11 is 0. The molecule has 0 spiro atoms. The largest absolute Gasteiger partial charge is 0.464 e. The fraction of sp³-hybridized carbons (Fsp3) is 0.143. The van der Waals surface area contributed by atoms with Crippen LogP contribution in [0.3, 0.4) is 0 Å². The average Bonchev–Trinajstić information content (AvgIpc) is 3.17. The molecule has 0 fully saturated rings. The van der Waals surface area contributed by atoms with E-state index in [1.54, 1.807) is 0 Å². The zero-order valence-corrected chi connectivity index (χ0v) is 16.4. The van der Waals surface area contributed by atoms with Crippen molar-refractivity contribution in [1.82, 2.24) is 9.13 Å². The Morgan fingerprint density at radius 3 is 2.00 bits per heavy atom. The van der Waals surface area contributed by atoms with E-state index in [1.807, 2.05) is 0 Å². The van der Waals surface area contributed by atoms with Gasteiger partial charge in [0.15, 0.2) is 34.7 Å². The van der Waals surface area contributed by atoms with Gasteiger partial charge in [-0.2, -0.15) is 0 Å². The molecular formula is C21H14F4N2O4. The van der Waals surface area contributed by atoms with E-state index >= 15 is 0 Å². The van der Waals surface area contributed by atoms with Gasteiger partial charge in [0.2, 0.25) is 0 Å². The van der Waals surface area contributed by atoms with Crippen LogP contribution in [0.2, 0.25) is 0 Å². The fourth-order valence-corrected chi connectivity index (χ4v) is 3.50. The molecule has 0 saturated carbocycles. The first-order valence-electron chi connectivity index (χ1n) is 8.86. The number of fused-ring (bicyclic) bond motifs is 2. The van der Waals surface area contributed by atoms with E-state index in [-0.39, 0.29) is 38.9 Å². The molecule has 0 aliphatic rings. The monoisotopic (exact) mass is 434 g/mol. The first-order chi connectivity index (χ1) is 14.6. The zero-order valence-electron chi connectivity index (χ0n) is 16.4. The average molecular weight is 434 g/mol. The summed E-state index contributed by atoms with van der Waals surface area (Å²) in [7, 11) is 3.93. The smallest absolute Gasteiger partial charge is 0.360 e. The van der Waals surface area contributed by atoms with Gasteiger partial charge in [0.25, 0.3) is 0 Å². The molecule has 0 saturated heterocycles. The highest BCUT2D eigenvalue weighted by molar-refractivity contribution is 6.05. The third-order valence-electron chi connectivity index (χ3n) is 5.06. The Bertz CT molecular complexity index is 1400. The summed E-state index contributed by atoms with van der Waals surface area (Å²) in [4.78, 5) is 25.2. The first-order valence-corrected chi connectivity index (χ1v) is 8.86. The molecule has 0 N–H and O–H groups in total. The van der Waals surface area contributed by atoms with Crippen molar-refractivity contribution >= 4 is 33.7 Å². The third kappa shape index (κ3) is 3.11. The minimum absolute atomic E-state index is 0.0361. The molecule has 31 heavy (non-hydrogen) atoms. The second-order valence-electron chi connectivity index (χ2n) is 6.82. The van der Waals surface area contributed by atoms with Crippen LogP contribution in [-0.4, -0.2) is 28.2 Å². The lowest BCUT2D eigenvalue weighted by molar-refractivity contribution is 0.0582. The number of aromatic nitrogens is 2. The number of hydrogen-bond donors (Lipinski definition) is 0. The number of esters is 2. The molecule has 2 aromatic carbocycles. The molecule has 2 aromatic heterocycles. The van der Waals surface area contributed by atoms with Crippen molar-refractivity contribution < 1.29 is 36.6 Å². The van der Waals surface area contributed by atoms with Crippen LogP contribution in [0.4, 0.5) is 17.6 Å². The van der Waals surface area contributed by atoms with Crippen LogP contribution in [0.5, 0.6) is 5.75 Å². The van der Waals surface area contributed by atoms with Crippen molar-refractivity contribution in [3.05, 3.63) is 65.0 Å². The lowest BCUT2D eigenvalue weighted by atomic mass is 10.2. The Kier molecular flexibility index (Phi) is 4.72. The molecule has 160 valence electrons. The van der Waals surface area contributed by atoms with Gasteiger partial charge >= 0.3 is 11.9 Å². The molecule has 0 unspecified atom stereocenters. The molecule has 0 aliphatic heterocycles. The predicted molar refractivity (Wildman–Crippen MR) is 102 cm³/mol. The van der Waals surface area contributed by atoms with Crippen molar-refractivity contribution in [3.8, 4) is 5.75 Å². The van der Waals surface area contributed by atoms with E-state index in [0.717, 1.165) is 31.4 Å². The maximum Gasteiger partial charge on any atom is 0.360 e. The number of aryl methyl sites for hydroxylation is 2. The molecule has 4 aromatic rings. The summed E-state index contributed by atoms with van der Waals surface area (Å²) in [5, 5.41) is 0.207. The van der Waals surface area contributed by atoms with Crippen LogP contribution in [-0.2, 0) is 18.8 Å². The van der Waals surface area contributed by atoms with Gasteiger partial charge in [0.05, 0.1) is 18.1 Å². The summed E-state index contributed by atoms with van der Waals surface area (Å²) in [6, 6.07) is 4.79. The van der Waals surface area contributed by atoms with Crippen LogP contribution in [0, 0.1) is 23.3 Å². The summed E-state index contributed by atoms with van der Waals surface area (Å²) in [6.07, 6.45) is 0. The lowest BCUT2D eigenvalue weighted by Gasteiger charge is -2.08. The molecule has 4 rings (SSSR count). The maximum atomic E-state index is 13.9. The molecule has 2 heterocycles. The fourth-order valence-electron chi connectivity index (χ4n) is 3.50. The van der Waals surface area contributed by atoms with Gasteiger partial charge in [-0.15, -0.1) is 0 Å². The minimum Gasteiger partial charge on any atom is -0.464 e. The summed E-state index contributed by atoms with van der Waals surface area (Å²) < 4.78 is 67.3. The van der Waals surface area contributed by atoms with Gasteiger partial charge in [-0.1, -0.05) is 0 Å². The number of carbonyl (C=O) groups is 2. The maximum absolute atomic E-state index is 13.9. The topological polar surface area (TPSA) is 62.5 Å². The number of methoxy groups -OCH3 is 1. The van der Waals surface area contributed by atoms with Crippen LogP contribution >= 0.6 is 0 Å². The summed E-state index contributed by atoms with van der Waals surface area (Å²) in [6.45, 7) is 0. The lowest BCUT2D eigenvalue weighted by Crippen LogP contribution is -2.16. The third-order valence-corrected chi connectivity index (χ3v) is 5.06. The Balaban J connectivity index is 1.87. The molecule has 10 heteroatoms. The van der Waals surface area contributed by atoms with Crippen molar-refractivity contribution in [3.63, 3.8) is 0 Å². The van der Waals surface area contributed by atoms with Gasteiger partial charge < -0.3 is 18.6 Å². The van der Waals surface area contributed by atoms with E-state index < -0.39 is 35.2 Å². The predicted octanol–water partition coefficient (Wildman–Crippen LogP) is 4.23. The second kappa shape index (κ2) is 7.15. The molecule has 0 bridgehead atoms. The number of carbonyl (C=O) groups excluding carboxylic acids is 2. The molecule has 6 nitrogen and oxygen atoms in total. The number of hydrogen-bond acceptors (Lipinski definition) is 4. The van der Waals surface area contributed by atoms with Crippen LogP contribution in [0.15, 0.2) is 30.3 Å². The standard InChI is InChI=1S/C21H14F4N2O4/c1-26-15-7-13(24)11(22)4-9(15)5-17(26)20(28)31-19-10-6-12(23)14(25)8-16(10)27(2)18(19)21(29)30-3/h4-8H,1-3H3. The SMILES string of the molecule is COC(=O)c1c(OC(=O)c2cc3cc(F)c(F)cc3n2C)c2cc(F)c(F)cc2n1C. The summed E-state index contributed by atoms with van der Waals surface area (Å²) in [5.74, 6) is -6.76. The normalized spacial score (nSPS) is 11.3. The minimum atomic E-state index is -1.21. The van der Waals surface area contributed by atoms with Crippen LogP contribution in [0.25, 0.3) is 21.8 Å². The van der Waals surface area contributed by atoms with Crippen molar-refractivity contribution in [2.45, 2.75) is 0 Å². The quantitative estimate of drug-likeness (QED) is 0.358. The van der Waals surface area contributed by atoms with Crippen molar-refractivity contribution in [2.75, 3.05) is 7.11 Å². The van der Waals surface area contributed by atoms with E-state index in [9.17, 15) is 27.2 Å². The van der Waals surface area contributed by atoms with Gasteiger partial charge in [-0.3, -0.25) is 0 Å². The van der Waals surface area contributed by atoms with Gasteiger partial charge in [-0.25, -0.2) is 27.2 Å². The van der Waals surface area contributed by atoms with Crippen molar-refractivity contribution in [2.24, 2.45) is 14.1 Å². The number of rotatable bonds is 3. The number of benzene rings is 2. The number of ether oxygens (including phenoxy) is 2. The van der Waals surface area contributed by atoms with Gasteiger partial charge in [0.1, 0.15) is 5.69 Å². The number of nitrogens with zero attached hydrogens (tertiary/aromatic N) is 2. The van der Waals surface area contributed by atoms with E-state index in [0.29, 0.717) is 0 Å². The molecule has 0 amide bonds. The zero-order chi connectivity index (χ0) is 22.6. The highest BCUT2D eigenvalue weighted by Crippen LogP contribution is 2.35. The van der Waals surface area contributed by atoms with E-state index in [4.69, 9.17) is 9.47 Å². The Hall–Kier alpha value is -3.82. The highest BCUT2D eigenvalue weighted by atomic mass is 19.2. The van der Waals surface area contributed by atoms with Crippen molar-refractivity contribution in [1.29, 1.82) is 0 Å². The number of halogens is 4. The van der Waals surface area contributed by atoms with Gasteiger partial charge in [-0.05, 0) is 18.2 Å². The molecule has 0 atom stereocenters. The Labute approximate surface area is 172 Å². The van der Waals surface area contributed by atoms with E-state index in [1.165, 1.54) is 29.3 Å². The molecule has 0 aliphatic carbocycles. The van der Waals surface area contributed by atoms with Crippen LogP contribution < -0.4 is 4.74 Å². The summed E-state index contributed by atoms with van der Waals surface area (Å²) in [5.41, 5.74) is -0.0181. The van der Waals surface area contributed by atoms with E-state index in [2.05, 4.69) is 0 Å².